The third-order valence-corrected chi connectivity index (χ3v) is 3.74. The normalized spacial score (nSPS) is 14.1. The van der Waals surface area contributed by atoms with E-state index in [1.165, 1.54) is 5.56 Å². The molecule has 20 heavy (non-hydrogen) atoms. The maximum Gasteiger partial charge on any atom is 0.119 e. The first-order valence-corrected chi connectivity index (χ1v) is 7.00. The Labute approximate surface area is 121 Å². The van der Waals surface area contributed by atoms with Gasteiger partial charge in [-0.25, -0.2) is 0 Å². The number of rotatable bonds is 5. The van der Waals surface area contributed by atoms with Crippen molar-refractivity contribution in [2.24, 2.45) is 5.92 Å². The molecule has 1 N–H and O–H groups in total. The summed E-state index contributed by atoms with van der Waals surface area (Å²) in [5.41, 5.74) is 1.54. The van der Waals surface area contributed by atoms with Crippen LogP contribution in [-0.2, 0) is 0 Å². The molecule has 0 radical (unpaired) electrons. The monoisotopic (exact) mass is 270 g/mol. The molecular weight excluding hydrogens is 248 g/mol. The van der Waals surface area contributed by atoms with Crippen LogP contribution in [0.15, 0.2) is 54.6 Å². The number of hydrogen-bond acceptors (Lipinski definition) is 2. The third-order valence-electron chi connectivity index (χ3n) is 3.74. The van der Waals surface area contributed by atoms with Gasteiger partial charge in [-0.15, -0.1) is 0 Å². The molecule has 106 valence electrons. The van der Waals surface area contributed by atoms with Crippen molar-refractivity contribution in [3.8, 4) is 16.9 Å². The lowest BCUT2D eigenvalue weighted by molar-refractivity contribution is -0.0266. The van der Waals surface area contributed by atoms with Crippen molar-refractivity contribution in [2.45, 2.75) is 26.4 Å². The molecule has 1 atom stereocenters. The predicted molar refractivity (Wildman–Crippen MR) is 82.8 cm³/mol. The Kier molecular flexibility index (Phi) is 4.46. The number of benzene rings is 2. The molecule has 2 aromatic carbocycles. The van der Waals surface area contributed by atoms with Crippen molar-refractivity contribution < 1.29 is 9.84 Å². The molecule has 0 spiro atoms. The summed E-state index contributed by atoms with van der Waals surface area (Å²) in [5.74, 6) is 0.941. The summed E-state index contributed by atoms with van der Waals surface area (Å²) in [6, 6.07) is 18.2. The third kappa shape index (κ3) is 3.61. The van der Waals surface area contributed by atoms with E-state index in [0.717, 1.165) is 11.3 Å². The van der Waals surface area contributed by atoms with Gasteiger partial charge in [-0.2, -0.15) is 0 Å². The van der Waals surface area contributed by atoms with Gasteiger partial charge in [-0.1, -0.05) is 56.3 Å². The van der Waals surface area contributed by atoms with E-state index in [1.54, 1.807) is 6.92 Å². The van der Waals surface area contributed by atoms with E-state index in [9.17, 15) is 5.11 Å². The number of aliphatic hydroxyl groups is 1. The smallest absolute Gasteiger partial charge is 0.119 e. The highest BCUT2D eigenvalue weighted by molar-refractivity contribution is 5.63. The Morgan fingerprint density at radius 1 is 0.950 bits per heavy atom. The van der Waals surface area contributed by atoms with Gasteiger partial charge in [0.25, 0.3) is 0 Å². The van der Waals surface area contributed by atoms with E-state index in [0.29, 0.717) is 6.61 Å². The first kappa shape index (κ1) is 14.6. The van der Waals surface area contributed by atoms with Gasteiger partial charge < -0.3 is 9.84 Å². The molecule has 0 amide bonds. The van der Waals surface area contributed by atoms with E-state index < -0.39 is 5.60 Å². The van der Waals surface area contributed by atoms with E-state index in [4.69, 9.17) is 4.74 Å². The minimum absolute atomic E-state index is 0.158. The fourth-order valence-electron chi connectivity index (χ4n) is 1.77. The summed E-state index contributed by atoms with van der Waals surface area (Å²) in [5, 5.41) is 10.2. The zero-order valence-electron chi connectivity index (χ0n) is 12.3. The highest BCUT2D eigenvalue weighted by atomic mass is 16.5. The standard InChI is InChI=1S/C18H22O2/c1-14(2)18(3,19)13-20-17-11-9-16(10-12-17)15-7-5-4-6-8-15/h4-12,14,19H,13H2,1-3H3. The van der Waals surface area contributed by atoms with Crippen LogP contribution in [0.2, 0.25) is 0 Å². The van der Waals surface area contributed by atoms with Crippen molar-refractivity contribution in [1.82, 2.24) is 0 Å². The first-order chi connectivity index (χ1) is 9.49. The largest absolute Gasteiger partial charge is 0.491 e. The minimum Gasteiger partial charge on any atom is -0.491 e. The average Bonchev–Trinajstić information content (AvgIpc) is 2.46. The SMILES string of the molecule is CC(C)C(C)(O)COc1ccc(-c2ccccc2)cc1. The van der Waals surface area contributed by atoms with Gasteiger partial charge in [0.1, 0.15) is 12.4 Å². The molecule has 0 aliphatic carbocycles. The van der Waals surface area contributed by atoms with E-state index in [1.807, 2.05) is 56.3 Å². The molecule has 1 unspecified atom stereocenters. The lowest BCUT2D eigenvalue weighted by Gasteiger charge is -2.27. The van der Waals surface area contributed by atoms with Gasteiger partial charge >= 0.3 is 0 Å². The zero-order valence-corrected chi connectivity index (χ0v) is 12.3. The maximum atomic E-state index is 10.2. The van der Waals surface area contributed by atoms with Crippen LogP contribution in [0.1, 0.15) is 20.8 Å². The van der Waals surface area contributed by atoms with Gasteiger partial charge in [0.2, 0.25) is 0 Å². The van der Waals surface area contributed by atoms with Crippen molar-refractivity contribution in [1.29, 1.82) is 0 Å². The summed E-state index contributed by atoms with van der Waals surface area (Å²) in [6.07, 6.45) is 0. The molecule has 0 aliphatic rings. The van der Waals surface area contributed by atoms with Crippen LogP contribution < -0.4 is 4.74 Å². The Bertz CT molecular complexity index is 527. The second kappa shape index (κ2) is 6.10. The first-order valence-electron chi connectivity index (χ1n) is 7.00. The van der Waals surface area contributed by atoms with E-state index in [2.05, 4.69) is 12.1 Å². The summed E-state index contributed by atoms with van der Waals surface area (Å²) < 4.78 is 5.67. The molecular formula is C18H22O2. The Hall–Kier alpha value is -1.80. The van der Waals surface area contributed by atoms with E-state index in [-0.39, 0.29) is 5.92 Å². The second-order valence-electron chi connectivity index (χ2n) is 5.69. The van der Waals surface area contributed by atoms with Crippen molar-refractivity contribution in [3.05, 3.63) is 54.6 Å². The van der Waals surface area contributed by atoms with Crippen molar-refractivity contribution in [2.75, 3.05) is 6.61 Å². The highest BCUT2D eigenvalue weighted by Crippen LogP contribution is 2.23. The van der Waals surface area contributed by atoms with Crippen LogP contribution in [0.5, 0.6) is 5.75 Å². The molecule has 0 fully saturated rings. The number of ether oxygens (including phenoxy) is 1. The van der Waals surface area contributed by atoms with Crippen molar-refractivity contribution >= 4 is 0 Å². The maximum absolute atomic E-state index is 10.2. The van der Waals surface area contributed by atoms with Crippen LogP contribution in [0.25, 0.3) is 11.1 Å². The van der Waals surface area contributed by atoms with Gasteiger partial charge in [0.05, 0.1) is 5.60 Å². The van der Waals surface area contributed by atoms with Gasteiger partial charge in [-0.3, -0.25) is 0 Å². The molecule has 0 bridgehead atoms. The van der Waals surface area contributed by atoms with Gasteiger partial charge in [0, 0.05) is 0 Å². The molecule has 2 aromatic rings. The molecule has 0 aromatic heterocycles. The molecule has 2 nitrogen and oxygen atoms in total. The van der Waals surface area contributed by atoms with Crippen LogP contribution in [-0.4, -0.2) is 17.3 Å². The molecule has 2 heteroatoms. The molecule has 0 saturated heterocycles. The van der Waals surface area contributed by atoms with Crippen LogP contribution in [0.3, 0.4) is 0 Å². The molecule has 2 rings (SSSR count). The van der Waals surface area contributed by atoms with Crippen molar-refractivity contribution in [3.63, 3.8) is 0 Å². The zero-order chi connectivity index (χ0) is 14.6. The lowest BCUT2D eigenvalue weighted by atomic mass is 9.94. The summed E-state index contributed by atoms with van der Waals surface area (Å²) in [4.78, 5) is 0. The Morgan fingerprint density at radius 3 is 2.05 bits per heavy atom. The summed E-state index contributed by atoms with van der Waals surface area (Å²) in [7, 11) is 0. The second-order valence-corrected chi connectivity index (χ2v) is 5.69. The molecule has 0 heterocycles. The lowest BCUT2D eigenvalue weighted by Crippen LogP contribution is -2.37. The Morgan fingerprint density at radius 2 is 1.50 bits per heavy atom. The summed E-state index contributed by atoms with van der Waals surface area (Å²) >= 11 is 0. The van der Waals surface area contributed by atoms with Gasteiger partial charge in [0.15, 0.2) is 0 Å². The molecule has 0 aliphatic heterocycles. The highest BCUT2D eigenvalue weighted by Gasteiger charge is 2.25. The van der Waals surface area contributed by atoms with Crippen LogP contribution in [0, 0.1) is 5.92 Å². The topological polar surface area (TPSA) is 29.5 Å². The average molecular weight is 270 g/mol. The Balaban J connectivity index is 2.03. The molecule has 0 saturated carbocycles. The predicted octanol–water partition coefficient (Wildman–Crippen LogP) is 4.14. The van der Waals surface area contributed by atoms with Gasteiger partial charge in [-0.05, 0) is 36.1 Å². The quantitative estimate of drug-likeness (QED) is 0.884. The summed E-state index contributed by atoms with van der Waals surface area (Å²) in [6.45, 7) is 6.08. The fourth-order valence-corrected chi connectivity index (χ4v) is 1.77. The number of hydrogen-bond donors (Lipinski definition) is 1. The fraction of sp³-hybridized carbons (Fsp3) is 0.333. The van der Waals surface area contributed by atoms with Crippen LogP contribution in [0.4, 0.5) is 0 Å². The minimum atomic E-state index is -0.807. The van der Waals surface area contributed by atoms with Crippen LogP contribution >= 0.6 is 0 Å². The van der Waals surface area contributed by atoms with E-state index >= 15 is 0 Å².